The number of nitrogen functional groups attached to an aromatic ring is 1. The van der Waals surface area contributed by atoms with E-state index in [-0.39, 0.29) is 0 Å². The Kier molecular flexibility index (Phi) is 3.35. The first-order valence-corrected chi connectivity index (χ1v) is 4.59. The molecule has 1 aromatic carbocycles. The molecule has 0 aromatic heterocycles. The Morgan fingerprint density at radius 3 is 2.79 bits per heavy atom. The molecule has 0 heterocycles. The van der Waals surface area contributed by atoms with E-state index in [9.17, 15) is 0 Å². The van der Waals surface area contributed by atoms with Gasteiger partial charge in [-0.3, -0.25) is 0 Å². The Labute approximate surface area is 84.7 Å². The van der Waals surface area contributed by atoms with Crippen molar-refractivity contribution in [2.45, 2.75) is 13.3 Å². The molecule has 14 heavy (non-hydrogen) atoms. The summed E-state index contributed by atoms with van der Waals surface area (Å²) < 4.78 is 0. The molecule has 0 saturated carbocycles. The van der Waals surface area contributed by atoms with Crippen molar-refractivity contribution in [2.75, 3.05) is 24.2 Å². The van der Waals surface area contributed by atoms with Gasteiger partial charge in [-0.15, -0.1) is 0 Å². The molecule has 0 bridgehead atoms. The molecule has 3 nitrogen and oxygen atoms in total. The van der Waals surface area contributed by atoms with Crippen molar-refractivity contribution >= 4 is 11.4 Å². The highest BCUT2D eigenvalue weighted by Gasteiger charge is 2.03. The Balaban J connectivity index is 2.80. The lowest BCUT2D eigenvalue weighted by Gasteiger charge is -2.20. The molecule has 0 unspecified atom stereocenters. The number of aryl methyl sites for hydroxylation is 1. The fourth-order valence-electron chi connectivity index (χ4n) is 1.45. The minimum Gasteiger partial charge on any atom is -0.399 e. The second-order valence-electron chi connectivity index (χ2n) is 3.38. The molecular weight excluding hydrogens is 174 g/mol. The number of nitriles is 1. The molecule has 0 radical (unpaired) electrons. The number of nitrogens with two attached hydrogens (primary N) is 1. The van der Waals surface area contributed by atoms with Gasteiger partial charge in [-0.05, 0) is 30.7 Å². The molecule has 0 aliphatic carbocycles. The van der Waals surface area contributed by atoms with Crippen LogP contribution < -0.4 is 10.6 Å². The Hall–Kier alpha value is -1.69. The number of anilines is 2. The van der Waals surface area contributed by atoms with Crippen LogP contribution >= 0.6 is 0 Å². The molecule has 74 valence electrons. The van der Waals surface area contributed by atoms with Crippen LogP contribution in [0.1, 0.15) is 12.0 Å². The molecule has 0 spiro atoms. The second-order valence-corrected chi connectivity index (χ2v) is 3.38. The predicted octanol–water partition coefficient (Wildman–Crippen LogP) is 1.93. The van der Waals surface area contributed by atoms with E-state index in [2.05, 4.69) is 11.0 Å². The summed E-state index contributed by atoms with van der Waals surface area (Å²) in [6, 6.07) is 7.94. The van der Waals surface area contributed by atoms with Crippen molar-refractivity contribution in [3.8, 4) is 6.07 Å². The van der Waals surface area contributed by atoms with Gasteiger partial charge in [0.25, 0.3) is 0 Å². The van der Waals surface area contributed by atoms with Crippen molar-refractivity contribution in [3.05, 3.63) is 23.8 Å². The minimum atomic E-state index is 0.542. The molecule has 1 aromatic rings. The number of rotatable bonds is 3. The van der Waals surface area contributed by atoms with Crippen LogP contribution in [0.3, 0.4) is 0 Å². The molecule has 3 heteroatoms. The van der Waals surface area contributed by atoms with Crippen LogP contribution in [0.15, 0.2) is 18.2 Å². The van der Waals surface area contributed by atoms with Gasteiger partial charge >= 0.3 is 0 Å². The van der Waals surface area contributed by atoms with Crippen LogP contribution in [0.4, 0.5) is 11.4 Å². The van der Waals surface area contributed by atoms with Crippen LogP contribution in [0.5, 0.6) is 0 Å². The second kappa shape index (κ2) is 4.52. The van der Waals surface area contributed by atoms with Crippen LogP contribution in [-0.2, 0) is 0 Å². The van der Waals surface area contributed by atoms with E-state index in [1.807, 2.05) is 32.2 Å². The highest BCUT2D eigenvalue weighted by Crippen LogP contribution is 2.20. The van der Waals surface area contributed by atoms with Crippen molar-refractivity contribution in [2.24, 2.45) is 0 Å². The number of nitrogens with zero attached hydrogens (tertiary/aromatic N) is 2. The summed E-state index contributed by atoms with van der Waals surface area (Å²) >= 11 is 0. The van der Waals surface area contributed by atoms with Gasteiger partial charge in [0.2, 0.25) is 0 Å². The third-order valence-corrected chi connectivity index (χ3v) is 2.19. The lowest BCUT2D eigenvalue weighted by Crippen LogP contribution is -2.19. The normalized spacial score (nSPS) is 9.50. The van der Waals surface area contributed by atoms with Gasteiger partial charge in [0.15, 0.2) is 0 Å². The smallest absolute Gasteiger partial charge is 0.0640 e. The van der Waals surface area contributed by atoms with Gasteiger partial charge in [0, 0.05) is 25.0 Å². The first-order valence-electron chi connectivity index (χ1n) is 4.59. The van der Waals surface area contributed by atoms with Crippen LogP contribution in [0, 0.1) is 18.3 Å². The van der Waals surface area contributed by atoms with Gasteiger partial charge in [-0.2, -0.15) is 5.26 Å². The summed E-state index contributed by atoms with van der Waals surface area (Å²) in [5, 5.41) is 8.48. The SMILES string of the molecule is Cc1cc(N)ccc1N(C)CCC#N. The zero-order valence-electron chi connectivity index (χ0n) is 8.62. The maximum absolute atomic E-state index is 8.48. The standard InChI is InChI=1S/C11H15N3/c1-9-8-10(13)4-5-11(9)14(2)7-3-6-12/h4-5,8H,3,7,13H2,1-2H3. The summed E-state index contributed by atoms with van der Waals surface area (Å²) in [6.45, 7) is 2.77. The topological polar surface area (TPSA) is 53.0 Å². The predicted molar refractivity (Wildman–Crippen MR) is 59.1 cm³/mol. The van der Waals surface area contributed by atoms with Gasteiger partial charge in [-0.1, -0.05) is 0 Å². The van der Waals surface area contributed by atoms with E-state index in [1.54, 1.807) is 0 Å². The first kappa shape index (κ1) is 10.4. The lowest BCUT2D eigenvalue weighted by molar-refractivity contribution is 0.901. The number of benzene rings is 1. The van der Waals surface area contributed by atoms with Crippen molar-refractivity contribution in [1.29, 1.82) is 5.26 Å². The summed E-state index contributed by atoms with van der Waals surface area (Å²) in [5.41, 5.74) is 8.71. The molecule has 0 amide bonds. The average Bonchev–Trinajstić information content (AvgIpc) is 2.14. The Bertz CT molecular complexity index is 352. The van der Waals surface area contributed by atoms with E-state index < -0.39 is 0 Å². The highest BCUT2D eigenvalue weighted by atomic mass is 15.1. The van der Waals surface area contributed by atoms with E-state index in [4.69, 9.17) is 11.0 Å². The van der Waals surface area contributed by atoms with Crippen molar-refractivity contribution in [3.63, 3.8) is 0 Å². The largest absolute Gasteiger partial charge is 0.399 e. The zero-order chi connectivity index (χ0) is 10.6. The monoisotopic (exact) mass is 189 g/mol. The molecular formula is C11H15N3. The molecule has 0 aliphatic heterocycles. The maximum Gasteiger partial charge on any atom is 0.0640 e. The van der Waals surface area contributed by atoms with Gasteiger partial charge in [0.1, 0.15) is 0 Å². The fraction of sp³-hybridized carbons (Fsp3) is 0.364. The lowest BCUT2D eigenvalue weighted by atomic mass is 10.1. The first-order chi connectivity index (χ1) is 6.65. The van der Waals surface area contributed by atoms with E-state index >= 15 is 0 Å². The van der Waals surface area contributed by atoms with E-state index in [0.29, 0.717) is 6.42 Å². The summed E-state index contributed by atoms with van der Waals surface area (Å²) in [5.74, 6) is 0. The molecule has 1 rings (SSSR count). The van der Waals surface area contributed by atoms with Gasteiger partial charge in [-0.25, -0.2) is 0 Å². The zero-order valence-corrected chi connectivity index (χ0v) is 8.62. The van der Waals surface area contributed by atoms with Crippen LogP contribution in [0.2, 0.25) is 0 Å². The van der Waals surface area contributed by atoms with Gasteiger partial charge in [0.05, 0.1) is 12.5 Å². The maximum atomic E-state index is 8.48. The third-order valence-electron chi connectivity index (χ3n) is 2.19. The van der Waals surface area contributed by atoms with Crippen molar-refractivity contribution < 1.29 is 0 Å². The summed E-state index contributed by atoms with van der Waals surface area (Å²) in [7, 11) is 1.98. The highest BCUT2D eigenvalue weighted by molar-refractivity contribution is 5.58. The third kappa shape index (κ3) is 2.40. The van der Waals surface area contributed by atoms with Crippen LogP contribution in [-0.4, -0.2) is 13.6 Å². The average molecular weight is 189 g/mol. The number of hydrogen-bond acceptors (Lipinski definition) is 3. The molecule has 2 N–H and O–H groups in total. The fourth-order valence-corrected chi connectivity index (χ4v) is 1.45. The van der Waals surface area contributed by atoms with E-state index in [1.165, 1.54) is 0 Å². The van der Waals surface area contributed by atoms with Crippen molar-refractivity contribution in [1.82, 2.24) is 0 Å². The number of hydrogen-bond donors (Lipinski definition) is 1. The molecule has 0 fully saturated rings. The molecule has 0 aliphatic rings. The quantitative estimate of drug-likeness (QED) is 0.739. The summed E-state index contributed by atoms with van der Waals surface area (Å²) in [4.78, 5) is 2.07. The van der Waals surface area contributed by atoms with Crippen LogP contribution in [0.25, 0.3) is 0 Å². The molecule has 0 saturated heterocycles. The Morgan fingerprint density at radius 2 is 2.21 bits per heavy atom. The van der Waals surface area contributed by atoms with Gasteiger partial charge < -0.3 is 10.6 Å². The summed E-state index contributed by atoms with van der Waals surface area (Å²) in [6.07, 6.45) is 0.542. The van der Waals surface area contributed by atoms with E-state index in [0.717, 1.165) is 23.5 Å². The minimum absolute atomic E-state index is 0.542. The Morgan fingerprint density at radius 1 is 1.50 bits per heavy atom. The molecule has 0 atom stereocenters.